The number of hydrogen-bond donors (Lipinski definition) is 4. The van der Waals surface area contributed by atoms with Gasteiger partial charge >= 0.3 is 11.9 Å². The molecule has 6 atom stereocenters. The van der Waals surface area contributed by atoms with Gasteiger partial charge in [0.05, 0.1) is 6.61 Å². The molecule has 2 unspecified atom stereocenters. The Labute approximate surface area is 324 Å². The average Bonchev–Trinajstić information content (AvgIpc) is 3.13. The van der Waals surface area contributed by atoms with E-state index in [1.807, 2.05) is 0 Å². The normalized spacial score (nSPS) is 21.5. The molecule has 54 heavy (non-hydrogen) atoms. The average molecular weight is 787 g/mol. The molecule has 4 N–H and O–H groups in total. The molecule has 312 valence electrons. The summed E-state index contributed by atoms with van der Waals surface area (Å²) in [7, 11) is -4.60. The third-order valence-electron chi connectivity index (χ3n) is 8.91. The number of aliphatic hydroxyl groups excluding tert-OH is 3. The second kappa shape index (κ2) is 31.8. The van der Waals surface area contributed by atoms with Gasteiger partial charge in [-0.1, -0.05) is 120 Å². The molecule has 0 spiro atoms. The largest absolute Gasteiger partial charge is 0.462 e. The Morgan fingerprint density at radius 1 is 0.630 bits per heavy atom. The number of allylic oxidation sites excluding steroid dienone is 8. The third kappa shape index (κ3) is 26.4. The highest BCUT2D eigenvalue weighted by Crippen LogP contribution is 2.24. The lowest BCUT2D eigenvalue weighted by atomic mass is 10.00. The van der Waals surface area contributed by atoms with Crippen LogP contribution in [0.2, 0.25) is 0 Å². The van der Waals surface area contributed by atoms with Crippen molar-refractivity contribution >= 4 is 22.1 Å². The van der Waals surface area contributed by atoms with Crippen LogP contribution in [-0.2, 0) is 38.7 Å². The first-order chi connectivity index (χ1) is 26.0. The number of esters is 2. The third-order valence-corrected chi connectivity index (χ3v) is 9.66. The van der Waals surface area contributed by atoms with Gasteiger partial charge in [0.15, 0.2) is 12.4 Å². The van der Waals surface area contributed by atoms with Crippen molar-refractivity contribution in [2.24, 2.45) is 0 Å². The second-order valence-electron chi connectivity index (χ2n) is 14.0. The predicted octanol–water partition coefficient (Wildman–Crippen LogP) is 7.22. The summed E-state index contributed by atoms with van der Waals surface area (Å²) in [5.74, 6) is -2.04. The van der Waals surface area contributed by atoms with E-state index in [-0.39, 0.29) is 19.4 Å². The number of carbonyl (C=O) groups is 2. The lowest BCUT2D eigenvalue weighted by molar-refractivity contribution is -0.297. The first-order valence-electron chi connectivity index (χ1n) is 20.2. The minimum Gasteiger partial charge on any atom is -0.462 e. The molecule has 0 aromatic rings. The summed E-state index contributed by atoms with van der Waals surface area (Å²) >= 11 is 0. The molecule has 1 heterocycles. The fourth-order valence-corrected chi connectivity index (χ4v) is 6.41. The van der Waals surface area contributed by atoms with Crippen LogP contribution in [0.4, 0.5) is 0 Å². The fourth-order valence-electron chi connectivity index (χ4n) is 5.72. The summed E-state index contributed by atoms with van der Waals surface area (Å²) in [6.45, 7) is 3.62. The van der Waals surface area contributed by atoms with E-state index in [1.54, 1.807) is 0 Å². The predicted molar refractivity (Wildman–Crippen MR) is 210 cm³/mol. The molecule has 0 amide bonds. The van der Waals surface area contributed by atoms with Gasteiger partial charge < -0.3 is 34.3 Å². The highest BCUT2D eigenvalue weighted by molar-refractivity contribution is 7.85. The van der Waals surface area contributed by atoms with Crippen molar-refractivity contribution in [2.45, 2.75) is 179 Å². The summed E-state index contributed by atoms with van der Waals surface area (Å²) < 4.78 is 53.7. The van der Waals surface area contributed by atoms with Crippen molar-refractivity contribution in [1.29, 1.82) is 0 Å². The summed E-state index contributed by atoms with van der Waals surface area (Å²) in [4.78, 5) is 25.1. The zero-order valence-corrected chi connectivity index (χ0v) is 33.6. The molecule has 1 aliphatic heterocycles. The molecular formula is C41H70O12S. The molecule has 12 nitrogen and oxygen atoms in total. The van der Waals surface area contributed by atoms with Gasteiger partial charge in [0.1, 0.15) is 36.8 Å². The molecule has 0 aromatic heterocycles. The zero-order chi connectivity index (χ0) is 39.9. The van der Waals surface area contributed by atoms with Crippen LogP contribution in [0, 0.1) is 0 Å². The lowest BCUT2D eigenvalue weighted by Gasteiger charge is -2.40. The van der Waals surface area contributed by atoms with Crippen molar-refractivity contribution in [1.82, 2.24) is 0 Å². The Bertz CT molecular complexity index is 1200. The number of hydrogen-bond acceptors (Lipinski definition) is 11. The molecule has 1 rings (SSSR count). The van der Waals surface area contributed by atoms with E-state index in [9.17, 15) is 37.9 Å². The van der Waals surface area contributed by atoms with E-state index in [4.69, 9.17) is 18.9 Å². The lowest BCUT2D eigenvalue weighted by Crippen LogP contribution is -2.60. The van der Waals surface area contributed by atoms with Gasteiger partial charge in [0, 0.05) is 12.8 Å². The van der Waals surface area contributed by atoms with Crippen molar-refractivity contribution in [3.8, 4) is 0 Å². The van der Waals surface area contributed by atoms with E-state index in [2.05, 4.69) is 62.5 Å². The fraction of sp³-hybridized carbons (Fsp3) is 0.756. The maximum Gasteiger partial charge on any atom is 0.306 e. The van der Waals surface area contributed by atoms with Crippen molar-refractivity contribution in [2.75, 3.05) is 19.0 Å². The minimum atomic E-state index is -4.60. The Kier molecular flexibility index (Phi) is 29.2. The van der Waals surface area contributed by atoms with Crippen molar-refractivity contribution < 1.29 is 56.8 Å². The summed E-state index contributed by atoms with van der Waals surface area (Å²) in [6.07, 6.45) is 26.2. The first kappa shape index (κ1) is 49.6. The molecule has 1 saturated heterocycles. The Morgan fingerprint density at radius 2 is 1.11 bits per heavy atom. The molecule has 0 aliphatic carbocycles. The molecule has 0 aromatic carbocycles. The van der Waals surface area contributed by atoms with Crippen LogP contribution in [0.15, 0.2) is 48.6 Å². The Balaban J connectivity index is 2.49. The zero-order valence-electron chi connectivity index (χ0n) is 32.8. The van der Waals surface area contributed by atoms with Gasteiger partial charge in [-0.05, 0) is 57.8 Å². The topological polar surface area (TPSA) is 186 Å². The molecule has 0 saturated carbocycles. The molecule has 0 radical (unpaired) electrons. The summed E-state index contributed by atoms with van der Waals surface area (Å²) in [5.41, 5.74) is 0. The van der Waals surface area contributed by atoms with Gasteiger partial charge in [-0.2, -0.15) is 8.42 Å². The van der Waals surface area contributed by atoms with E-state index in [1.165, 1.54) is 32.1 Å². The molecule has 1 fully saturated rings. The monoisotopic (exact) mass is 786 g/mol. The molecular weight excluding hydrogens is 717 g/mol. The number of unbranched alkanes of at least 4 members (excludes halogenated alkanes) is 12. The minimum absolute atomic E-state index is 0.126. The van der Waals surface area contributed by atoms with Crippen LogP contribution in [0.1, 0.15) is 142 Å². The summed E-state index contributed by atoms with van der Waals surface area (Å²) in [6, 6.07) is 0. The van der Waals surface area contributed by atoms with Gasteiger partial charge in [-0.25, -0.2) is 0 Å². The van der Waals surface area contributed by atoms with Crippen LogP contribution in [0.25, 0.3) is 0 Å². The van der Waals surface area contributed by atoms with Crippen LogP contribution >= 0.6 is 0 Å². The van der Waals surface area contributed by atoms with Gasteiger partial charge in [-0.15, -0.1) is 0 Å². The number of aliphatic hydroxyl groups is 3. The maximum atomic E-state index is 12.7. The van der Waals surface area contributed by atoms with E-state index in [0.29, 0.717) is 12.8 Å². The number of rotatable bonds is 32. The number of ether oxygens (including phenoxy) is 4. The Hall–Kier alpha value is -2.39. The van der Waals surface area contributed by atoms with E-state index < -0.39 is 71.2 Å². The smallest absolute Gasteiger partial charge is 0.306 e. The maximum absolute atomic E-state index is 12.7. The highest BCUT2D eigenvalue weighted by Gasteiger charge is 2.46. The van der Waals surface area contributed by atoms with Gasteiger partial charge in [-0.3, -0.25) is 14.1 Å². The quantitative estimate of drug-likeness (QED) is 0.0233. The first-order valence-corrected chi connectivity index (χ1v) is 21.8. The highest BCUT2D eigenvalue weighted by atomic mass is 32.2. The second-order valence-corrected chi connectivity index (χ2v) is 15.4. The van der Waals surface area contributed by atoms with E-state index in [0.717, 1.165) is 70.6 Å². The summed E-state index contributed by atoms with van der Waals surface area (Å²) in [5, 5.41) is 30.7. The van der Waals surface area contributed by atoms with Crippen LogP contribution < -0.4 is 0 Å². The molecule has 0 bridgehead atoms. The van der Waals surface area contributed by atoms with Crippen molar-refractivity contribution in [3.63, 3.8) is 0 Å². The standard InChI is InChI=1S/C41H70O12S/c1-3-5-7-9-11-12-13-14-15-16-17-18-19-20-21-22-24-26-28-30-37(43)52-34(31-50-36(42)29-27-25-23-10-8-6-4-2)32-51-41-40(46)39(45)38(44)35(53-41)33-54(47,48)49/h11-12,14-15,17-18,20-21,34-35,38-41,44-46H,3-10,13,16,19,22-33H2,1-2H3,(H,47,48,49)/b12-11+,15-14+,18-17+,21-20+/t34-,35-,38-,39?,40?,41+/m1/s1. The van der Waals surface area contributed by atoms with Gasteiger partial charge in [0.2, 0.25) is 0 Å². The van der Waals surface area contributed by atoms with E-state index >= 15 is 0 Å². The van der Waals surface area contributed by atoms with Gasteiger partial charge in [0.25, 0.3) is 10.1 Å². The molecule has 1 aliphatic rings. The van der Waals surface area contributed by atoms with Crippen LogP contribution in [0.3, 0.4) is 0 Å². The van der Waals surface area contributed by atoms with Crippen LogP contribution in [-0.4, -0.2) is 96.0 Å². The van der Waals surface area contributed by atoms with Crippen LogP contribution in [0.5, 0.6) is 0 Å². The Morgan fingerprint density at radius 3 is 1.69 bits per heavy atom. The number of carbonyl (C=O) groups excluding carboxylic acids is 2. The van der Waals surface area contributed by atoms with Crippen molar-refractivity contribution in [3.05, 3.63) is 48.6 Å². The SMILES string of the molecule is CCCCC/C=C/C/C=C/C/C=C/C/C=C/CCCCCC(=O)O[C@H](COC(=O)CCCCCCCCC)CO[C@H]1O[C@H](CS(=O)(=O)O)[C@@H](O)C(O)C1O. The molecule has 13 heteroatoms.